The van der Waals surface area contributed by atoms with Gasteiger partial charge in [-0.25, -0.2) is 13.2 Å². The molecule has 1 atom stereocenters. The zero-order chi connectivity index (χ0) is 13.1. The molecule has 0 heterocycles. The van der Waals surface area contributed by atoms with E-state index in [1.165, 1.54) is 24.3 Å². The van der Waals surface area contributed by atoms with E-state index in [0.29, 0.717) is 5.69 Å². The third-order valence-corrected chi connectivity index (χ3v) is 2.62. The smallest absolute Gasteiger partial charge is 0.128 e. The molecule has 0 fully saturated rings. The highest BCUT2D eigenvalue weighted by Crippen LogP contribution is 2.21. The van der Waals surface area contributed by atoms with Crippen molar-refractivity contribution in [1.29, 1.82) is 0 Å². The lowest BCUT2D eigenvalue weighted by Crippen LogP contribution is -2.07. The summed E-state index contributed by atoms with van der Waals surface area (Å²) in [4.78, 5) is 0. The van der Waals surface area contributed by atoms with Gasteiger partial charge in [-0.1, -0.05) is 12.1 Å². The van der Waals surface area contributed by atoms with Gasteiger partial charge in [0.25, 0.3) is 0 Å². The van der Waals surface area contributed by atoms with Crippen molar-refractivity contribution in [2.24, 2.45) is 0 Å². The van der Waals surface area contributed by atoms with E-state index in [9.17, 15) is 13.2 Å². The van der Waals surface area contributed by atoms with E-state index in [0.717, 1.165) is 11.6 Å². The van der Waals surface area contributed by atoms with Crippen LogP contribution in [0.3, 0.4) is 0 Å². The van der Waals surface area contributed by atoms with Crippen molar-refractivity contribution in [1.82, 2.24) is 0 Å². The van der Waals surface area contributed by atoms with Gasteiger partial charge in [-0.15, -0.1) is 0 Å². The molecule has 18 heavy (non-hydrogen) atoms. The lowest BCUT2D eigenvalue weighted by molar-refractivity contribution is 0.583. The number of nitrogens with one attached hydrogen (secondary N) is 1. The number of rotatable bonds is 3. The molecule has 0 saturated heterocycles. The van der Waals surface area contributed by atoms with Gasteiger partial charge in [0.15, 0.2) is 0 Å². The summed E-state index contributed by atoms with van der Waals surface area (Å²) in [7, 11) is 0. The monoisotopic (exact) mass is 251 g/mol. The van der Waals surface area contributed by atoms with Crippen LogP contribution >= 0.6 is 0 Å². The number of anilines is 1. The second-order valence-corrected chi connectivity index (χ2v) is 4.08. The summed E-state index contributed by atoms with van der Waals surface area (Å²) in [6, 6.07) is 9.01. The zero-order valence-corrected chi connectivity index (χ0v) is 9.75. The quantitative estimate of drug-likeness (QED) is 0.858. The maximum atomic E-state index is 13.0. The first-order valence-corrected chi connectivity index (χ1v) is 5.53. The van der Waals surface area contributed by atoms with E-state index < -0.39 is 11.6 Å². The van der Waals surface area contributed by atoms with Crippen LogP contribution in [0.15, 0.2) is 42.5 Å². The van der Waals surface area contributed by atoms with Crippen LogP contribution in [0.4, 0.5) is 18.9 Å². The fraction of sp³-hybridized carbons (Fsp3) is 0.143. The van der Waals surface area contributed by atoms with Crippen LogP contribution < -0.4 is 5.32 Å². The fourth-order valence-corrected chi connectivity index (χ4v) is 1.72. The molecule has 0 spiro atoms. The molecule has 2 aromatic carbocycles. The Morgan fingerprint density at radius 2 is 1.39 bits per heavy atom. The molecule has 0 aliphatic rings. The lowest BCUT2D eigenvalue weighted by atomic mass is 10.1. The Labute approximate surface area is 103 Å². The van der Waals surface area contributed by atoms with Crippen molar-refractivity contribution in [3.8, 4) is 0 Å². The third-order valence-electron chi connectivity index (χ3n) is 2.62. The molecular formula is C14H12F3N. The number of hydrogen-bond donors (Lipinski definition) is 1. The van der Waals surface area contributed by atoms with Crippen LogP contribution in [0.5, 0.6) is 0 Å². The molecule has 0 saturated carbocycles. The van der Waals surface area contributed by atoms with Gasteiger partial charge in [0.05, 0.1) is 0 Å². The van der Waals surface area contributed by atoms with E-state index in [4.69, 9.17) is 0 Å². The second kappa shape index (κ2) is 5.12. The normalized spacial score (nSPS) is 12.2. The standard InChI is InChI=1S/C14H12F3N/c1-9(10-2-4-11(15)5-3-10)18-14-7-12(16)6-13(17)8-14/h2-9,18H,1H3. The molecule has 0 amide bonds. The van der Waals surface area contributed by atoms with E-state index in [2.05, 4.69) is 5.32 Å². The molecule has 0 radical (unpaired) electrons. The Balaban J connectivity index is 2.15. The summed E-state index contributed by atoms with van der Waals surface area (Å²) in [6.07, 6.45) is 0. The van der Waals surface area contributed by atoms with Gasteiger partial charge in [-0.05, 0) is 36.8 Å². The van der Waals surface area contributed by atoms with E-state index >= 15 is 0 Å². The molecule has 1 unspecified atom stereocenters. The Kier molecular flexibility index (Phi) is 3.55. The average molecular weight is 251 g/mol. The first-order valence-electron chi connectivity index (χ1n) is 5.53. The van der Waals surface area contributed by atoms with Crippen molar-refractivity contribution in [3.05, 3.63) is 65.5 Å². The first kappa shape index (κ1) is 12.5. The SMILES string of the molecule is CC(Nc1cc(F)cc(F)c1)c1ccc(F)cc1. The minimum Gasteiger partial charge on any atom is -0.378 e. The van der Waals surface area contributed by atoms with Crippen LogP contribution in [0.25, 0.3) is 0 Å². The summed E-state index contributed by atoms with van der Waals surface area (Å²) in [5.41, 5.74) is 1.19. The summed E-state index contributed by atoms with van der Waals surface area (Å²) in [6.45, 7) is 1.83. The van der Waals surface area contributed by atoms with Crippen molar-refractivity contribution in [2.45, 2.75) is 13.0 Å². The van der Waals surface area contributed by atoms with Gasteiger partial charge in [0, 0.05) is 17.8 Å². The van der Waals surface area contributed by atoms with Gasteiger partial charge in [0.1, 0.15) is 17.5 Å². The van der Waals surface area contributed by atoms with Crippen LogP contribution in [0.2, 0.25) is 0 Å². The zero-order valence-electron chi connectivity index (χ0n) is 9.75. The number of hydrogen-bond acceptors (Lipinski definition) is 1. The molecule has 2 rings (SSSR count). The Morgan fingerprint density at radius 1 is 0.833 bits per heavy atom. The van der Waals surface area contributed by atoms with Gasteiger partial charge >= 0.3 is 0 Å². The topological polar surface area (TPSA) is 12.0 Å². The summed E-state index contributed by atoms with van der Waals surface area (Å²) < 4.78 is 38.8. The highest BCUT2D eigenvalue weighted by Gasteiger charge is 2.07. The summed E-state index contributed by atoms with van der Waals surface area (Å²) in [5.74, 6) is -1.59. The molecule has 1 nitrogen and oxygen atoms in total. The predicted octanol–water partition coefficient (Wildman–Crippen LogP) is 4.28. The third kappa shape index (κ3) is 3.03. The minimum absolute atomic E-state index is 0.174. The van der Waals surface area contributed by atoms with Gasteiger partial charge in [-0.3, -0.25) is 0 Å². The molecule has 0 aromatic heterocycles. The Hall–Kier alpha value is -1.97. The fourth-order valence-electron chi connectivity index (χ4n) is 1.72. The van der Waals surface area contributed by atoms with Crippen molar-refractivity contribution < 1.29 is 13.2 Å². The first-order chi connectivity index (χ1) is 8.54. The number of benzene rings is 2. The minimum atomic E-state index is -0.635. The molecule has 0 aliphatic carbocycles. The van der Waals surface area contributed by atoms with Crippen LogP contribution in [0.1, 0.15) is 18.5 Å². The molecule has 94 valence electrons. The highest BCUT2D eigenvalue weighted by atomic mass is 19.1. The van der Waals surface area contributed by atoms with E-state index in [1.807, 2.05) is 6.92 Å². The Bertz CT molecular complexity index is 517. The lowest BCUT2D eigenvalue weighted by Gasteiger charge is -2.15. The molecule has 4 heteroatoms. The summed E-state index contributed by atoms with van der Waals surface area (Å²) in [5, 5.41) is 2.96. The Morgan fingerprint density at radius 3 is 1.94 bits per heavy atom. The summed E-state index contributed by atoms with van der Waals surface area (Å²) >= 11 is 0. The van der Waals surface area contributed by atoms with Crippen LogP contribution in [0, 0.1) is 17.5 Å². The predicted molar refractivity (Wildman–Crippen MR) is 64.8 cm³/mol. The van der Waals surface area contributed by atoms with Gasteiger partial charge in [0.2, 0.25) is 0 Å². The van der Waals surface area contributed by atoms with Crippen molar-refractivity contribution in [2.75, 3.05) is 5.32 Å². The maximum absolute atomic E-state index is 13.0. The van der Waals surface area contributed by atoms with Crippen LogP contribution in [-0.4, -0.2) is 0 Å². The molecule has 2 aromatic rings. The van der Waals surface area contributed by atoms with Crippen molar-refractivity contribution in [3.63, 3.8) is 0 Å². The van der Waals surface area contributed by atoms with E-state index in [1.54, 1.807) is 12.1 Å². The van der Waals surface area contributed by atoms with Crippen LogP contribution in [-0.2, 0) is 0 Å². The van der Waals surface area contributed by atoms with Gasteiger partial charge < -0.3 is 5.32 Å². The largest absolute Gasteiger partial charge is 0.378 e. The average Bonchev–Trinajstić information content (AvgIpc) is 2.28. The molecular weight excluding hydrogens is 239 g/mol. The van der Waals surface area contributed by atoms with E-state index in [-0.39, 0.29) is 11.9 Å². The maximum Gasteiger partial charge on any atom is 0.128 e. The molecule has 0 aliphatic heterocycles. The number of halogens is 3. The second-order valence-electron chi connectivity index (χ2n) is 4.08. The van der Waals surface area contributed by atoms with Gasteiger partial charge in [-0.2, -0.15) is 0 Å². The molecule has 0 bridgehead atoms. The molecule has 1 N–H and O–H groups in total. The highest BCUT2D eigenvalue weighted by molar-refractivity contribution is 5.45. The van der Waals surface area contributed by atoms with Crippen molar-refractivity contribution >= 4 is 5.69 Å².